The lowest BCUT2D eigenvalue weighted by Gasteiger charge is -2.17. The number of carbonyl (C=O) groups excluding carboxylic acids is 2. The van der Waals surface area contributed by atoms with Gasteiger partial charge in [0.05, 0.1) is 52.0 Å². The summed E-state index contributed by atoms with van der Waals surface area (Å²) >= 11 is 1.34. The van der Waals surface area contributed by atoms with Crippen molar-refractivity contribution >= 4 is 29.3 Å². The second kappa shape index (κ2) is 10.6. The van der Waals surface area contributed by atoms with Crippen LogP contribution >= 0.6 is 11.8 Å². The normalized spacial score (nSPS) is 11.3. The van der Waals surface area contributed by atoms with Crippen molar-refractivity contribution in [3.05, 3.63) is 35.9 Å². The largest absolute Gasteiger partial charge is 0.493 e. The highest BCUT2D eigenvalue weighted by Crippen LogP contribution is 2.36. The van der Waals surface area contributed by atoms with Gasteiger partial charge in [0.15, 0.2) is 23.0 Å². The van der Waals surface area contributed by atoms with Crippen LogP contribution in [0.4, 0.5) is 5.69 Å². The average molecular weight is 435 g/mol. The maximum atomic E-state index is 12.8. The molecule has 0 spiro atoms. The SMILES string of the molecule is COC(=O)c1cc(OC)c(OC)cc1NC(=O)[C@H](C)Sc1ccc(OC)c(OC)c1. The first-order valence-corrected chi connectivity index (χ1v) is 9.80. The lowest BCUT2D eigenvalue weighted by molar-refractivity contribution is -0.115. The third kappa shape index (κ3) is 5.29. The van der Waals surface area contributed by atoms with Crippen LogP contribution < -0.4 is 24.3 Å². The van der Waals surface area contributed by atoms with Crippen LogP contribution in [0.2, 0.25) is 0 Å². The predicted molar refractivity (Wildman–Crippen MR) is 114 cm³/mol. The van der Waals surface area contributed by atoms with Crippen molar-refractivity contribution < 1.29 is 33.3 Å². The van der Waals surface area contributed by atoms with E-state index in [9.17, 15) is 9.59 Å². The number of hydrogen-bond donors (Lipinski definition) is 1. The van der Waals surface area contributed by atoms with Gasteiger partial charge in [-0.3, -0.25) is 4.79 Å². The molecule has 1 amide bonds. The Bertz CT molecular complexity index is 916. The van der Waals surface area contributed by atoms with Crippen molar-refractivity contribution in [3.63, 3.8) is 0 Å². The van der Waals surface area contributed by atoms with E-state index in [0.717, 1.165) is 4.90 Å². The molecule has 0 unspecified atom stereocenters. The molecule has 30 heavy (non-hydrogen) atoms. The van der Waals surface area contributed by atoms with Gasteiger partial charge in [0.25, 0.3) is 0 Å². The van der Waals surface area contributed by atoms with E-state index < -0.39 is 11.2 Å². The average Bonchev–Trinajstić information content (AvgIpc) is 2.77. The summed E-state index contributed by atoms with van der Waals surface area (Å²) in [6, 6.07) is 8.40. The first-order valence-electron chi connectivity index (χ1n) is 8.92. The van der Waals surface area contributed by atoms with Crippen molar-refractivity contribution in [1.82, 2.24) is 0 Å². The van der Waals surface area contributed by atoms with Gasteiger partial charge >= 0.3 is 5.97 Å². The fourth-order valence-electron chi connectivity index (χ4n) is 2.64. The van der Waals surface area contributed by atoms with Crippen molar-refractivity contribution in [1.29, 1.82) is 0 Å². The number of esters is 1. The van der Waals surface area contributed by atoms with Crippen molar-refractivity contribution in [2.75, 3.05) is 40.9 Å². The molecule has 2 aromatic rings. The Hall–Kier alpha value is -3.07. The smallest absolute Gasteiger partial charge is 0.340 e. The van der Waals surface area contributed by atoms with Crippen molar-refractivity contribution in [2.24, 2.45) is 0 Å². The van der Waals surface area contributed by atoms with Gasteiger partial charge in [0, 0.05) is 17.0 Å². The third-order valence-electron chi connectivity index (χ3n) is 4.22. The number of thioether (sulfide) groups is 1. The second-order valence-electron chi connectivity index (χ2n) is 6.01. The van der Waals surface area contributed by atoms with Gasteiger partial charge < -0.3 is 29.0 Å². The van der Waals surface area contributed by atoms with E-state index in [1.807, 2.05) is 6.07 Å². The van der Waals surface area contributed by atoms with Crippen LogP contribution in [-0.2, 0) is 9.53 Å². The van der Waals surface area contributed by atoms with Gasteiger partial charge in [-0.15, -0.1) is 11.8 Å². The highest BCUT2D eigenvalue weighted by Gasteiger charge is 2.22. The minimum atomic E-state index is -0.605. The lowest BCUT2D eigenvalue weighted by atomic mass is 10.1. The summed E-state index contributed by atoms with van der Waals surface area (Å²) in [5.41, 5.74) is 0.427. The summed E-state index contributed by atoms with van der Waals surface area (Å²) in [7, 11) is 7.30. The van der Waals surface area contributed by atoms with Crippen LogP contribution in [0.3, 0.4) is 0 Å². The van der Waals surface area contributed by atoms with Crippen molar-refractivity contribution in [3.8, 4) is 23.0 Å². The molecule has 0 bridgehead atoms. The van der Waals surface area contributed by atoms with Gasteiger partial charge in [0.1, 0.15) is 0 Å². The molecule has 0 saturated carbocycles. The number of amides is 1. The Morgan fingerprint density at radius 1 is 0.833 bits per heavy atom. The molecule has 1 atom stereocenters. The summed E-state index contributed by atoms with van der Waals surface area (Å²) in [5.74, 6) is 0.998. The summed E-state index contributed by atoms with van der Waals surface area (Å²) in [4.78, 5) is 25.8. The minimum Gasteiger partial charge on any atom is -0.493 e. The molecule has 0 aromatic heterocycles. The molecule has 2 rings (SSSR count). The molecule has 2 aromatic carbocycles. The Kier molecular flexibility index (Phi) is 8.23. The van der Waals surface area contributed by atoms with E-state index >= 15 is 0 Å². The number of ether oxygens (including phenoxy) is 5. The molecule has 0 saturated heterocycles. The van der Waals surface area contributed by atoms with E-state index in [1.54, 1.807) is 33.3 Å². The highest BCUT2D eigenvalue weighted by atomic mass is 32.2. The third-order valence-corrected chi connectivity index (χ3v) is 5.32. The Morgan fingerprint density at radius 2 is 1.40 bits per heavy atom. The van der Waals surface area contributed by atoms with E-state index in [2.05, 4.69) is 5.32 Å². The van der Waals surface area contributed by atoms with Crippen LogP contribution in [0.25, 0.3) is 0 Å². The zero-order chi connectivity index (χ0) is 22.3. The molecular formula is C21H25NO7S. The summed E-state index contributed by atoms with van der Waals surface area (Å²) in [5, 5.41) is 2.30. The molecule has 1 N–H and O–H groups in total. The molecule has 0 fully saturated rings. The topological polar surface area (TPSA) is 92.3 Å². The molecule has 0 aliphatic heterocycles. The highest BCUT2D eigenvalue weighted by molar-refractivity contribution is 8.00. The van der Waals surface area contributed by atoms with E-state index in [-0.39, 0.29) is 17.2 Å². The van der Waals surface area contributed by atoms with E-state index in [0.29, 0.717) is 23.0 Å². The number of hydrogen-bond acceptors (Lipinski definition) is 8. The van der Waals surface area contributed by atoms with Gasteiger partial charge in [-0.1, -0.05) is 0 Å². The van der Waals surface area contributed by atoms with Gasteiger partial charge in [-0.05, 0) is 25.1 Å². The number of carbonyl (C=O) groups is 2. The number of rotatable bonds is 9. The Labute approximate surface area is 179 Å². The summed E-state index contributed by atoms with van der Waals surface area (Å²) in [6.07, 6.45) is 0. The summed E-state index contributed by atoms with van der Waals surface area (Å²) in [6.45, 7) is 1.76. The second-order valence-corrected chi connectivity index (χ2v) is 7.42. The molecule has 0 radical (unpaired) electrons. The lowest BCUT2D eigenvalue weighted by Crippen LogP contribution is -2.24. The van der Waals surface area contributed by atoms with Crippen LogP contribution in [0.5, 0.6) is 23.0 Å². The van der Waals surface area contributed by atoms with E-state index in [4.69, 9.17) is 23.7 Å². The monoisotopic (exact) mass is 435 g/mol. The first-order chi connectivity index (χ1) is 14.4. The molecule has 0 heterocycles. The Balaban J connectivity index is 2.25. The number of methoxy groups -OCH3 is 5. The molecule has 9 heteroatoms. The minimum absolute atomic E-state index is 0.159. The number of anilines is 1. The van der Waals surface area contributed by atoms with Crippen LogP contribution in [-0.4, -0.2) is 52.7 Å². The maximum Gasteiger partial charge on any atom is 0.340 e. The number of benzene rings is 2. The fourth-order valence-corrected chi connectivity index (χ4v) is 3.54. The zero-order valence-electron chi connectivity index (χ0n) is 17.7. The Morgan fingerprint density at radius 3 is 1.97 bits per heavy atom. The molecular weight excluding hydrogens is 410 g/mol. The van der Waals surface area contributed by atoms with Crippen LogP contribution in [0, 0.1) is 0 Å². The van der Waals surface area contributed by atoms with Gasteiger partial charge in [-0.2, -0.15) is 0 Å². The predicted octanol–water partition coefficient (Wildman–Crippen LogP) is 3.63. The standard InChI is InChI=1S/C21H25NO7S/c1-12(30-13-7-8-16(25-2)17(9-13)26-3)20(23)22-15-11-19(28-5)18(27-4)10-14(15)21(24)29-6/h7-12H,1-6H3,(H,22,23)/t12-/m0/s1. The molecule has 0 aliphatic carbocycles. The zero-order valence-corrected chi connectivity index (χ0v) is 18.5. The summed E-state index contributed by atoms with van der Waals surface area (Å²) < 4.78 is 25.8. The molecule has 0 aliphatic rings. The fraction of sp³-hybridized carbons (Fsp3) is 0.333. The first kappa shape index (κ1) is 23.2. The van der Waals surface area contributed by atoms with Crippen molar-refractivity contribution in [2.45, 2.75) is 17.1 Å². The van der Waals surface area contributed by atoms with E-state index in [1.165, 1.54) is 45.2 Å². The van der Waals surface area contributed by atoms with Gasteiger partial charge in [0.2, 0.25) is 5.91 Å². The molecule has 8 nitrogen and oxygen atoms in total. The van der Waals surface area contributed by atoms with Crippen LogP contribution in [0.1, 0.15) is 17.3 Å². The van der Waals surface area contributed by atoms with Gasteiger partial charge in [-0.25, -0.2) is 4.79 Å². The number of nitrogens with one attached hydrogen (secondary N) is 1. The maximum absolute atomic E-state index is 12.8. The quantitative estimate of drug-likeness (QED) is 0.472. The van der Waals surface area contributed by atoms with Crippen LogP contribution in [0.15, 0.2) is 35.2 Å². The molecule has 162 valence electrons.